The fourth-order valence-corrected chi connectivity index (χ4v) is 5.32. The van der Waals surface area contributed by atoms with Crippen molar-refractivity contribution < 1.29 is 13.8 Å². The summed E-state index contributed by atoms with van der Waals surface area (Å²) < 4.78 is 20.3. The fraction of sp³-hybridized carbons (Fsp3) is 0.200. The first-order valence-electron chi connectivity index (χ1n) is 11.6. The summed E-state index contributed by atoms with van der Waals surface area (Å²) in [4.78, 5) is 8.24. The third-order valence-corrected chi connectivity index (χ3v) is 7.59. The number of hydrogen-bond donors (Lipinski definition) is 1. The summed E-state index contributed by atoms with van der Waals surface area (Å²) >= 11 is 12.7. The Morgan fingerprint density at radius 3 is 2.67 bits per heavy atom. The molecule has 1 N–H and O–H groups in total. The van der Waals surface area contributed by atoms with Gasteiger partial charge in [0.25, 0.3) is 0 Å². The van der Waals surface area contributed by atoms with E-state index in [4.69, 9.17) is 53.6 Å². The molecule has 3 heterocycles. The van der Waals surface area contributed by atoms with Crippen LogP contribution < -0.4 is 10.1 Å². The number of benzene rings is 2. The van der Waals surface area contributed by atoms with E-state index in [0.29, 0.717) is 55.2 Å². The molecule has 0 saturated carbocycles. The largest absolute Gasteiger partial charge is 0.456 e. The van der Waals surface area contributed by atoms with E-state index in [1.807, 2.05) is 27.6 Å². The lowest BCUT2D eigenvalue weighted by atomic mass is 10.2. The number of fused-ring (bicyclic) bond motifs is 2. The Labute approximate surface area is 238 Å². The maximum Gasteiger partial charge on any atom is 0.192 e. The van der Waals surface area contributed by atoms with Crippen LogP contribution in [-0.2, 0) is 21.9 Å². The lowest BCUT2D eigenvalue weighted by Gasteiger charge is -2.10. The minimum absolute atomic E-state index is 0.246. The number of nitrogens with zero attached hydrogens (tertiary/aromatic N) is 6. The molecule has 10 nitrogen and oxygen atoms in total. The van der Waals surface area contributed by atoms with Crippen molar-refractivity contribution in [2.45, 2.75) is 12.8 Å². The van der Waals surface area contributed by atoms with Gasteiger partial charge in [-0.3, -0.25) is 4.68 Å². The number of pyridine rings is 1. The zero-order chi connectivity index (χ0) is 27.4. The smallest absolute Gasteiger partial charge is 0.192 e. The Kier molecular flexibility index (Phi) is 8.79. The average molecular weight is 602 g/mol. The minimum atomic E-state index is 0.246. The average Bonchev–Trinajstić information content (AvgIpc) is 3.50. The summed E-state index contributed by atoms with van der Waals surface area (Å²) in [5.41, 5.74) is 2.78. The number of aromatic nitrogens is 5. The molecule has 3 aromatic heterocycles. The monoisotopic (exact) mass is 601 g/mol. The van der Waals surface area contributed by atoms with E-state index >= 15 is 0 Å². The minimum Gasteiger partial charge on any atom is -0.456 e. The van der Waals surface area contributed by atoms with Gasteiger partial charge in [0.2, 0.25) is 0 Å². The lowest BCUT2D eigenvalue weighted by Crippen LogP contribution is -2.04. The van der Waals surface area contributed by atoms with Crippen molar-refractivity contribution in [2.75, 3.05) is 25.8 Å². The zero-order valence-corrected chi connectivity index (χ0v) is 24.4. The van der Waals surface area contributed by atoms with E-state index in [0.717, 1.165) is 33.4 Å². The van der Waals surface area contributed by atoms with Crippen LogP contribution in [0.5, 0.6) is 11.5 Å². The summed E-state index contributed by atoms with van der Waals surface area (Å²) in [5.74, 6) is 1.61. The normalized spacial score (nSPS) is 11.9. The van der Waals surface area contributed by atoms with E-state index in [-0.39, 0.29) is 8.81 Å². The number of halogens is 2. The molecule has 5 aromatic rings. The number of hydrogen-bond acceptors (Lipinski definition) is 7. The first kappa shape index (κ1) is 27.5. The van der Waals surface area contributed by atoms with Gasteiger partial charge in [-0.25, -0.2) is 14.5 Å². The Balaban J connectivity index is 1.49. The van der Waals surface area contributed by atoms with Gasteiger partial charge in [-0.15, -0.1) is 0 Å². The Bertz CT molecular complexity index is 1690. The van der Waals surface area contributed by atoms with Crippen molar-refractivity contribution in [2.24, 2.45) is 0 Å². The molecule has 2 aromatic carbocycles. The van der Waals surface area contributed by atoms with Gasteiger partial charge in [-0.05, 0) is 42.5 Å². The Morgan fingerprint density at radius 1 is 1.03 bits per heavy atom. The third-order valence-electron chi connectivity index (χ3n) is 5.75. The standard InChI is InChI=1S/C25H23Cl2N7O3P2/c1-28-16-8-15(26)9-17(10-16)37-24-19-11-30-33(22(19)6-5-20(24)27)12-21-18-4-7-23(29-13-38-35-2)31-25(18)34(32-21)14-39-36-3/h4-11,38-39H,12-14H2,2-3H3,(H,29,31). The van der Waals surface area contributed by atoms with Crippen LogP contribution in [0, 0.1) is 6.57 Å². The molecule has 2 atom stereocenters. The zero-order valence-electron chi connectivity index (χ0n) is 20.9. The molecule has 0 saturated heterocycles. The van der Waals surface area contributed by atoms with Crippen LogP contribution in [0.4, 0.5) is 11.5 Å². The number of nitrogens with one attached hydrogen (secondary N) is 1. The first-order chi connectivity index (χ1) is 19.0. The van der Waals surface area contributed by atoms with Crippen LogP contribution in [0.2, 0.25) is 10.0 Å². The Morgan fingerprint density at radius 2 is 1.87 bits per heavy atom. The predicted molar refractivity (Wildman–Crippen MR) is 158 cm³/mol. The van der Waals surface area contributed by atoms with E-state index in [2.05, 4.69) is 15.3 Å². The molecule has 2 unspecified atom stereocenters. The van der Waals surface area contributed by atoms with Gasteiger partial charge in [-0.1, -0.05) is 23.2 Å². The summed E-state index contributed by atoms with van der Waals surface area (Å²) in [5, 5.41) is 15.2. The second-order valence-electron chi connectivity index (χ2n) is 8.19. The fourth-order valence-electron chi connectivity index (χ4n) is 4.03. The summed E-state index contributed by atoms with van der Waals surface area (Å²) in [6.45, 7) is 7.70. The molecule has 0 aliphatic heterocycles. The van der Waals surface area contributed by atoms with Crippen LogP contribution in [0.3, 0.4) is 0 Å². The molecule has 0 aliphatic rings. The van der Waals surface area contributed by atoms with Crippen molar-refractivity contribution in [1.82, 2.24) is 24.5 Å². The summed E-state index contributed by atoms with van der Waals surface area (Å²) in [6, 6.07) is 12.4. The van der Waals surface area contributed by atoms with Crippen LogP contribution in [-0.4, -0.2) is 45.1 Å². The van der Waals surface area contributed by atoms with Crippen LogP contribution in [0.15, 0.2) is 48.7 Å². The van der Waals surface area contributed by atoms with Gasteiger partial charge >= 0.3 is 0 Å². The number of anilines is 1. The second kappa shape index (κ2) is 12.4. The number of rotatable bonds is 11. The lowest BCUT2D eigenvalue weighted by molar-refractivity contribution is 0.467. The molecule has 5 rings (SSSR count). The van der Waals surface area contributed by atoms with Crippen molar-refractivity contribution in [1.29, 1.82) is 0 Å². The van der Waals surface area contributed by atoms with Crippen LogP contribution in [0.1, 0.15) is 5.69 Å². The van der Waals surface area contributed by atoms with Gasteiger partial charge in [0.15, 0.2) is 17.1 Å². The van der Waals surface area contributed by atoms with Crippen molar-refractivity contribution in [3.63, 3.8) is 0 Å². The molecule has 200 valence electrons. The van der Waals surface area contributed by atoms with E-state index in [1.54, 1.807) is 44.7 Å². The quantitative estimate of drug-likeness (QED) is 0.0965. The molecule has 0 fully saturated rings. The highest BCUT2D eigenvalue weighted by Gasteiger charge is 2.18. The van der Waals surface area contributed by atoms with Gasteiger partial charge < -0.3 is 19.1 Å². The molecule has 39 heavy (non-hydrogen) atoms. The maximum absolute atomic E-state index is 7.29. The highest BCUT2D eigenvalue weighted by Crippen LogP contribution is 2.39. The summed E-state index contributed by atoms with van der Waals surface area (Å²) in [6.07, 6.45) is 2.97. The predicted octanol–water partition coefficient (Wildman–Crippen LogP) is 7.29. The van der Waals surface area contributed by atoms with E-state index < -0.39 is 0 Å². The Hall–Kier alpha value is -3.02. The SMILES string of the molecule is [C-]#[N+]c1cc(Cl)cc(Oc2c(Cl)ccc3c2cnn3Cc2nn(CPOC)c3nc(NCPOC)ccc23)c1. The molecule has 0 spiro atoms. The molecule has 0 radical (unpaired) electrons. The highest BCUT2D eigenvalue weighted by atomic mass is 35.5. The van der Waals surface area contributed by atoms with Gasteiger partial charge in [0.1, 0.15) is 11.6 Å². The van der Waals surface area contributed by atoms with Crippen LogP contribution in [0.25, 0.3) is 26.8 Å². The molecule has 0 aliphatic carbocycles. The van der Waals surface area contributed by atoms with Crippen LogP contribution >= 0.6 is 40.8 Å². The highest BCUT2D eigenvalue weighted by molar-refractivity contribution is 7.32. The van der Waals surface area contributed by atoms with E-state index in [9.17, 15) is 0 Å². The topological polar surface area (TPSA) is 92.6 Å². The molecular weight excluding hydrogens is 579 g/mol. The van der Waals surface area contributed by atoms with Crippen molar-refractivity contribution >= 4 is 74.3 Å². The first-order valence-corrected chi connectivity index (χ1v) is 14.6. The number of ether oxygens (including phenoxy) is 1. The molecule has 0 bridgehead atoms. The molecular formula is C25H23Cl2N7O3P2. The van der Waals surface area contributed by atoms with Crippen molar-refractivity contribution in [3.05, 3.63) is 75.8 Å². The van der Waals surface area contributed by atoms with E-state index in [1.165, 1.54) is 0 Å². The third kappa shape index (κ3) is 6.10. The van der Waals surface area contributed by atoms with Gasteiger partial charge in [-0.2, -0.15) is 10.2 Å². The second-order valence-corrected chi connectivity index (χ2v) is 11.1. The van der Waals surface area contributed by atoms with Crippen molar-refractivity contribution in [3.8, 4) is 11.5 Å². The summed E-state index contributed by atoms with van der Waals surface area (Å²) in [7, 11) is 3.93. The molecule has 14 heteroatoms. The van der Waals surface area contributed by atoms with Gasteiger partial charge in [0.05, 0.1) is 53.5 Å². The molecule has 0 amide bonds. The maximum atomic E-state index is 7.29. The van der Waals surface area contributed by atoms with Gasteiger partial charge in [0, 0.05) is 42.2 Å².